The lowest BCUT2D eigenvalue weighted by Gasteiger charge is -2.33. The van der Waals surface area contributed by atoms with E-state index < -0.39 is 25.7 Å². The first-order valence-corrected chi connectivity index (χ1v) is 14.7. The van der Waals surface area contributed by atoms with Gasteiger partial charge in [0.05, 0.1) is 43.6 Å². The van der Waals surface area contributed by atoms with E-state index >= 15 is 0 Å². The second-order valence-electron chi connectivity index (χ2n) is 9.83. The lowest BCUT2D eigenvalue weighted by Crippen LogP contribution is -2.48. The van der Waals surface area contributed by atoms with Gasteiger partial charge in [-0.2, -0.15) is 0 Å². The number of carboxylic acid groups (broad SMARTS) is 3. The van der Waals surface area contributed by atoms with E-state index in [4.69, 9.17) is 0 Å². The molecule has 2 heterocycles. The molecule has 2 rings (SSSR count). The molecular formula is C24H39N6O11P. The van der Waals surface area contributed by atoms with Gasteiger partial charge in [-0.3, -0.25) is 53.7 Å². The first kappa shape index (κ1) is 35.0. The molecule has 0 radical (unpaired) electrons. The van der Waals surface area contributed by atoms with Crippen molar-refractivity contribution >= 4 is 31.4 Å². The fourth-order valence-corrected chi connectivity index (χ4v) is 4.81. The standard InChI is InChI=1S/C24H39N6O11P/c1-17(23-19(41-42(38,39)40)13-26-18(2)24(23)37)25-3-4-27-5-7-28(14-20(31)32)9-11-30(16-22(35)36)12-10-29(8-6-27)15-21(33)34/h13,37H,3-12,14-16H2,1-2H3,(H,31,32)(H,33,34)(H,35,36)(H2,38,39,40). The number of carbonyl (C=O) groups is 3. The van der Waals surface area contributed by atoms with Crippen LogP contribution in [0.5, 0.6) is 11.5 Å². The molecule has 1 aliphatic rings. The average molecular weight is 619 g/mol. The van der Waals surface area contributed by atoms with Crippen LogP contribution in [0.4, 0.5) is 0 Å². The van der Waals surface area contributed by atoms with Crippen molar-refractivity contribution in [2.75, 3.05) is 85.1 Å². The highest BCUT2D eigenvalue weighted by atomic mass is 31.2. The Morgan fingerprint density at radius 1 is 0.857 bits per heavy atom. The lowest BCUT2D eigenvalue weighted by molar-refractivity contribution is -0.140. The summed E-state index contributed by atoms with van der Waals surface area (Å²) in [7, 11) is -4.94. The lowest BCUT2D eigenvalue weighted by atomic mass is 10.1. The van der Waals surface area contributed by atoms with Crippen molar-refractivity contribution in [3.8, 4) is 11.5 Å². The molecule has 0 aliphatic carbocycles. The second kappa shape index (κ2) is 16.5. The van der Waals surface area contributed by atoms with Gasteiger partial charge in [0.25, 0.3) is 0 Å². The molecule has 17 nitrogen and oxygen atoms in total. The van der Waals surface area contributed by atoms with Gasteiger partial charge in [-0.15, -0.1) is 0 Å². The van der Waals surface area contributed by atoms with Gasteiger partial charge in [-0.05, 0) is 13.8 Å². The monoisotopic (exact) mass is 618 g/mol. The van der Waals surface area contributed by atoms with Gasteiger partial charge in [0, 0.05) is 64.6 Å². The van der Waals surface area contributed by atoms with E-state index in [1.807, 2.05) is 4.90 Å². The topological polar surface area (TPSA) is 237 Å². The highest BCUT2D eigenvalue weighted by Gasteiger charge is 2.24. The molecule has 6 N–H and O–H groups in total. The van der Waals surface area contributed by atoms with Crippen LogP contribution in [0.1, 0.15) is 18.2 Å². The predicted molar refractivity (Wildman–Crippen MR) is 149 cm³/mol. The van der Waals surface area contributed by atoms with Crippen LogP contribution in [0.2, 0.25) is 0 Å². The Kier molecular flexibility index (Phi) is 13.7. The van der Waals surface area contributed by atoms with E-state index in [0.717, 1.165) is 6.20 Å². The molecule has 1 saturated heterocycles. The molecule has 42 heavy (non-hydrogen) atoms. The van der Waals surface area contributed by atoms with Crippen molar-refractivity contribution in [3.05, 3.63) is 17.5 Å². The molecule has 0 atom stereocenters. The van der Waals surface area contributed by atoms with Crippen LogP contribution in [-0.4, -0.2) is 163 Å². The van der Waals surface area contributed by atoms with Crippen LogP contribution >= 0.6 is 7.82 Å². The zero-order valence-electron chi connectivity index (χ0n) is 23.6. The molecule has 0 saturated carbocycles. The third kappa shape index (κ3) is 12.8. The summed E-state index contributed by atoms with van der Waals surface area (Å²) in [4.78, 5) is 68.1. The number of pyridine rings is 1. The van der Waals surface area contributed by atoms with Crippen LogP contribution in [0.25, 0.3) is 0 Å². The van der Waals surface area contributed by atoms with Crippen LogP contribution < -0.4 is 4.52 Å². The molecule has 0 spiro atoms. The van der Waals surface area contributed by atoms with E-state index in [2.05, 4.69) is 14.5 Å². The third-order valence-corrected chi connectivity index (χ3v) is 6.99. The fraction of sp³-hybridized carbons (Fsp3) is 0.625. The molecule has 1 aromatic rings. The summed E-state index contributed by atoms with van der Waals surface area (Å²) in [5.74, 6) is -3.74. The summed E-state index contributed by atoms with van der Waals surface area (Å²) < 4.78 is 16.1. The summed E-state index contributed by atoms with van der Waals surface area (Å²) in [6, 6.07) is 0. The third-order valence-electron chi connectivity index (χ3n) is 6.55. The van der Waals surface area contributed by atoms with Crippen molar-refractivity contribution in [2.45, 2.75) is 13.8 Å². The number of aromatic hydroxyl groups is 1. The SMILES string of the molecule is CC(=NCCN1CCN(CC(=O)O)CCN(CC(=O)O)CCN(CC(=O)O)CC1)c1c(OP(=O)(O)O)cnc(C)c1O. The van der Waals surface area contributed by atoms with Crippen molar-refractivity contribution in [1.82, 2.24) is 24.6 Å². The van der Waals surface area contributed by atoms with E-state index in [1.54, 1.807) is 21.6 Å². The molecule has 0 amide bonds. The average Bonchev–Trinajstić information content (AvgIpc) is 2.85. The van der Waals surface area contributed by atoms with Crippen molar-refractivity contribution < 1.29 is 53.7 Å². The molecular weight excluding hydrogens is 579 g/mol. The predicted octanol–water partition coefficient (Wildman–Crippen LogP) is -1.15. The number of rotatable bonds is 12. The molecule has 0 bridgehead atoms. The van der Waals surface area contributed by atoms with E-state index in [0.29, 0.717) is 45.8 Å². The molecule has 0 aromatic carbocycles. The van der Waals surface area contributed by atoms with Gasteiger partial charge in [0.1, 0.15) is 5.75 Å². The number of aliphatic imine (C=N–C) groups is 1. The first-order chi connectivity index (χ1) is 19.6. The van der Waals surface area contributed by atoms with Crippen LogP contribution in [0, 0.1) is 6.92 Å². The quantitative estimate of drug-likeness (QED) is 0.120. The highest BCUT2D eigenvalue weighted by molar-refractivity contribution is 7.46. The normalized spacial score (nSPS) is 17.8. The van der Waals surface area contributed by atoms with Crippen molar-refractivity contribution in [2.24, 2.45) is 4.99 Å². The molecule has 236 valence electrons. The zero-order valence-corrected chi connectivity index (χ0v) is 24.5. The number of nitrogens with zero attached hydrogens (tertiary/aromatic N) is 6. The van der Waals surface area contributed by atoms with Crippen molar-refractivity contribution in [3.63, 3.8) is 0 Å². The van der Waals surface area contributed by atoms with Gasteiger partial charge in [-0.25, -0.2) is 4.57 Å². The Morgan fingerprint density at radius 2 is 1.26 bits per heavy atom. The summed E-state index contributed by atoms with van der Waals surface area (Å²) >= 11 is 0. The second-order valence-corrected chi connectivity index (χ2v) is 11.0. The minimum Gasteiger partial charge on any atom is -0.505 e. The summed E-state index contributed by atoms with van der Waals surface area (Å²) in [6.07, 6.45) is 1.09. The van der Waals surface area contributed by atoms with Gasteiger partial charge in [0.15, 0.2) is 5.75 Å². The number of aliphatic carboxylic acids is 3. The minimum atomic E-state index is -4.94. The Morgan fingerprint density at radius 3 is 1.64 bits per heavy atom. The van der Waals surface area contributed by atoms with Gasteiger partial charge >= 0.3 is 25.7 Å². The number of phosphoric acid groups is 1. The maximum Gasteiger partial charge on any atom is 0.524 e. The first-order valence-electron chi connectivity index (χ1n) is 13.1. The van der Waals surface area contributed by atoms with Crippen molar-refractivity contribution in [1.29, 1.82) is 0 Å². The Labute approximate surface area is 242 Å². The molecule has 1 aromatic heterocycles. The van der Waals surface area contributed by atoms with Gasteiger partial charge in [0.2, 0.25) is 0 Å². The van der Waals surface area contributed by atoms with E-state index in [-0.39, 0.29) is 67.7 Å². The number of aryl methyl sites for hydroxylation is 1. The summed E-state index contributed by atoms with van der Waals surface area (Å²) in [6.45, 7) is 5.57. The molecule has 1 fully saturated rings. The van der Waals surface area contributed by atoms with Gasteiger partial charge < -0.3 is 24.9 Å². The maximum atomic E-state index is 11.4. The number of carboxylic acids is 3. The number of hydrogen-bond donors (Lipinski definition) is 6. The number of hydrogen-bond acceptors (Lipinski definition) is 12. The van der Waals surface area contributed by atoms with Crippen LogP contribution in [-0.2, 0) is 18.9 Å². The summed E-state index contributed by atoms with van der Waals surface area (Å²) in [5.41, 5.74) is 0.444. The largest absolute Gasteiger partial charge is 0.524 e. The highest BCUT2D eigenvalue weighted by Crippen LogP contribution is 2.41. The number of aromatic nitrogens is 1. The Hall–Kier alpha value is -3.18. The maximum absolute atomic E-state index is 11.4. The van der Waals surface area contributed by atoms with E-state index in [9.17, 15) is 49.2 Å². The zero-order chi connectivity index (χ0) is 31.4. The Bertz CT molecular complexity index is 1150. The van der Waals surface area contributed by atoms with E-state index in [1.165, 1.54) is 6.92 Å². The number of phosphoric ester groups is 1. The molecule has 0 unspecified atom stereocenters. The van der Waals surface area contributed by atoms with Gasteiger partial charge in [-0.1, -0.05) is 0 Å². The fourth-order valence-electron chi connectivity index (χ4n) is 4.41. The smallest absolute Gasteiger partial charge is 0.505 e. The minimum absolute atomic E-state index is 0.00861. The van der Waals surface area contributed by atoms with Crippen LogP contribution in [0.15, 0.2) is 11.2 Å². The molecule has 18 heteroatoms. The van der Waals surface area contributed by atoms with Crippen LogP contribution in [0.3, 0.4) is 0 Å². The Balaban J connectivity index is 2.23. The molecule has 1 aliphatic heterocycles. The summed E-state index contributed by atoms with van der Waals surface area (Å²) in [5, 5.41) is 38.5.